The minimum Gasteiger partial charge on any atom is -0.492 e. The fraction of sp³-hybridized carbons (Fsp3) is 0.615. The molecule has 0 unspecified atom stereocenters. The summed E-state index contributed by atoms with van der Waals surface area (Å²) in [5, 5.41) is 3.25. The van der Waals surface area contributed by atoms with Crippen LogP contribution in [0.5, 0.6) is 5.75 Å². The van der Waals surface area contributed by atoms with Gasteiger partial charge in [-0.3, -0.25) is 4.79 Å². The highest BCUT2D eigenvalue weighted by Gasteiger charge is 2.33. The normalized spacial score (nSPS) is 21.3. The van der Waals surface area contributed by atoms with Crippen molar-refractivity contribution in [3.63, 3.8) is 0 Å². The van der Waals surface area contributed by atoms with Crippen molar-refractivity contribution in [1.82, 2.24) is 9.88 Å². The molecule has 2 aliphatic rings. The van der Waals surface area contributed by atoms with Gasteiger partial charge in [0.05, 0.1) is 24.8 Å². The van der Waals surface area contributed by atoms with E-state index >= 15 is 0 Å². The minimum absolute atomic E-state index is 0.0342. The Balaban J connectivity index is 1.71. The first-order chi connectivity index (χ1) is 17.1. The minimum atomic E-state index is -3.70. The molecule has 0 aliphatic carbocycles. The van der Waals surface area contributed by atoms with Crippen molar-refractivity contribution >= 4 is 17.2 Å². The zero-order valence-corrected chi connectivity index (χ0v) is 21.8. The van der Waals surface area contributed by atoms with Gasteiger partial charge in [0, 0.05) is 35.7 Å². The molecule has 2 atom stereocenters. The molecular weight excluding hydrogens is 491 g/mol. The summed E-state index contributed by atoms with van der Waals surface area (Å²) in [6.07, 6.45) is 4.86. The van der Waals surface area contributed by atoms with Gasteiger partial charge in [0.25, 0.3) is 5.91 Å². The Morgan fingerprint density at radius 2 is 2.11 bits per heavy atom. The van der Waals surface area contributed by atoms with Crippen LogP contribution in [0.4, 0.5) is 13.2 Å². The molecule has 1 aromatic heterocycles. The van der Waals surface area contributed by atoms with Gasteiger partial charge >= 0.3 is 5.92 Å². The number of rotatable bonds is 8. The average Bonchev–Trinajstić information content (AvgIpc) is 3.61. The Morgan fingerprint density at radius 1 is 1.31 bits per heavy atom. The Hall–Kier alpha value is -2.17. The second-order valence-corrected chi connectivity index (χ2v) is 11.6. The fourth-order valence-corrected chi connectivity index (χ4v) is 5.35. The lowest BCUT2D eigenvalue weighted by atomic mass is 9.95. The summed E-state index contributed by atoms with van der Waals surface area (Å²) in [6, 6.07) is 3.44. The van der Waals surface area contributed by atoms with E-state index in [1.54, 1.807) is 0 Å². The molecule has 0 radical (unpaired) electrons. The van der Waals surface area contributed by atoms with Crippen LogP contribution in [-0.4, -0.2) is 49.6 Å². The molecule has 1 aromatic carbocycles. The molecule has 10 heteroatoms. The Kier molecular flexibility index (Phi) is 8.26. The van der Waals surface area contributed by atoms with E-state index in [1.165, 1.54) is 17.4 Å². The predicted molar refractivity (Wildman–Crippen MR) is 133 cm³/mol. The molecule has 0 saturated carbocycles. The zero-order chi connectivity index (χ0) is 25.9. The number of ether oxygens (including phenoxy) is 2. The number of nitrogens with one attached hydrogen (secondary N) is 1. The molecule has 4 rings (SSSR count). The standard InChI is InChI=1S/C26H34F3N3O3S/c1-25(2,3)22-14-32(13-19-5-4-10-34-19)24(36-22)31-23(33)20-11-18(26(28,29)16-27)6-7-21(20)35-15-17-8-9-30-12-17/h6-7,11,14,17,19,30H,4-5,8-10,12-13,15-16H2,1-3H3/b31-24-/t17-,19-/m1/s1. The van der Waals surface area contributed by atoms with Gasteiger partial charge in [0.15, 0.2) is 11.5 Å². The summed E-state index contributed by atoms with van der Waals surface area (Å²) >= 11 is 1.39. The van der Waals surface area contributed by atoms with Gasteiger partial charge in [0.1, 0.15) is 5.75 Å². The van der Waals surface area contributed by atoms with E-state index in [-0.39, 0.29) is 28.7 Å². The molecule has 0 bridgehead atoms. The second kappa shape index (κ2) is 11.1. The third kappa shape index (κ3) is 6.39. The van der Waals surface area contributed by atoms with Crippen LogP contribution in [0.2, 0.25) is 0 Å². The number of carbonyl (C=O) groups excluding carboxylic acids is 1. The number of carbonyl (C=O) groups is 1. The Labute approximate surface area is 213 Å². The van der Waals surface area contributed by atoms with Gasteiger partial charge in [-0.15, -0.1) is 11.3 Å². The molecule has 2 aliphatic heterocycles. The van der Waals surface area contributed by atoms with E-state index in [0.29, 0.717) is 24.6 Å². The first-order valence-corrected chi connectivity index (χ1v) is 13.2. The monoisotopic (exact) mass is 525 g/mol. The van der Waals surface area contributed by atoms with Crippen molar-refractivity contribution in [3.8, 4) is 5.75 Å². The third-order valence-electron chi connectivity index (χ3n) is 6.52. The Bertz CT molecular complexity index is 1130. The van der Waals surface area contributed by atoms with E-state index < -0.39 is 24.1 Å². The van der Waals surface area contributed by atoms with Gasteiger partial charge < -0.3 is 19.4 Å². The largest absolute Gasteiger partial charge is 0.492 e. The highest BCUT2D eigenvalue weighted by molar-refractivity contribution is 7.09. The quantitative estimate of drug-likeness (QED) is 0.537. The molecule has 0 spiro atoms. The van der Waals surface area contributed by atoms with Gasteiger partial charge in [-0.25, -0.2) is 4.39 Å². The van der Waals surface area contributed by atoms with Gasteiger partial charge in [-0.2, -0.15) is 13.8 Å². The van der Waals surface area contributed by atoms with E-state index in [0.717, 1.165) is 49.4 Å². The number of thiazole rings is 1. The lowest BCUT2D eigenvalue weighted by Gasteiger charge is -2.17. The van der Waals surface area contributed by atoms with E-state index in [1.807, 2.05) is 10.8 Å². The van der Waals surface area contributed by atoms with Crippen molar-refractivity contribution in [2.75, 3.05) is 33.0 Å². The first-order valence-electron chi connectivity index (χ1n) is 12.4. The van der Waals surface area contributed by atoms with Crippen molar-refractivity contribution in [2.45, 2.75) is 64.0 Å². The molecule has 36 heavy (non-hydrogen) atoms. The maximum atomic E-state index is 14.2. The van der Waals surface area contributed by atoms with Crippen LogP contribution in [0.15, 0.2) is 29.4 Å². The van der Waals surface area contributed by atoms with Crippen LogP contribution in [-0.2, 0) is 22.6 Å². The van der Waals surface area contributed by atoms with Crippen LogP contribution >= 0.6 is 11.3 Å². The number of hydrogen-bond donors (Lipinski definition) is 1. The number of nitrogens with zero attached hydrogens (tertiary/aromatic N) is 2. The van der Waals surface area contributed by atoms with Crippen LogP contribution < -0.4 is 14.9 Å². The zero-order valence-electron chi connectivity index (χ0n) is 21.0. The van der Waals surface area contributed by atoms with Crippen LogP contribution in [0, 0.1) is 5.92 Å². The van der Waals surface area contributed by atoms with Crippen LogP contribution in [0.1, 0.15) is 60.8 Å². The van der Waals surface area contributed by atoms with Crippen LogP contribution in [0.25, 0.3) is 0 Å². The van der Waals surface area contributed by atoms with Crippen molar-refractivity contribution in [2.24, 2.45) is 10.9 Å². The number of benzene rings is 1. The smallest absolute Gasteiger partial charge is 0.301 e. The van der Waals surface area contributed by atoms with E-state index in [9.17, 15) is 18.0 Å². The summed E-state index contributed by atoms with van der Waals surface area (Å²) < 4.78 is 54.9. The summed E-state index contributed by atoms with van der Waals surface area (Å²) in [5.74, 6) is -3.97. The van der Waals surface area contributed by atoms with Crippen molar-refractivity contribution in [3.05, 3.63) is 45.2 Å². The van der Waals surface area contributed by atoms with Crippen molar-refractivity contribution in [1.29, 1.82) is 0 Å². The molecule has 1 N–H and O–H groups in total. The number of alkyl halides is 3. The first kappa shape index (κ1) is 26.9. The summed E-state index contributed by atoms with van der Waals surface area (Å²) in [6.45, 7) is 7.66. The molecule has 2 fully saturated rings. The number of amides is 1. The Morgan fingerprint density at radius 3 is 2.75 bits per heavy atom. The lowest BCUT2D eigenvalue weighted by molar-refractivity contribution is -0.0281. The average molecular weight is 526 g/mol. The third-order valence-corrected chi connectivity index (χ3v) is 7.96. The second-order valence-electron chi connectivity index (χ2n) is 10.6. The lowest BCUT2D eigenvalue weighted by Crippen LogP contribution is -2.24. The molecule has 198 valence electrons. The number of hydrogen-bond acceptors (Lipinski definition) is 5. The summed E-state index contributed by atoms with van der Waals surface area (Å²) in [5.41, 5.74) is -0.833. The van der Waals surface area contributed by atoms with Gasteiger partial charge in [-0.05, 0) is 49.4 Å². The highest BCUT2D eigenvalue weighted by atomic mass is 32.1. The number of halogens is 3. The topological polar surface area (TPSA) is 64.9 Å². The van der Waals surface area contributed by atoms with Gasteiger partial charge in [-0.1, -0.05) is 20.8 Å². The number of aromatic nitrogens is 1. The molecule has 3 heterocycles. The van der Waals surface area contributed by atoms with Crippen molar-refractivity contribution < 1.29 is 27.4 Å². The molecule has 1 amide bonds. The van der Waals surface area contributed by atoms with Gasteiger partial charge in [0.2, 0.25) is 0 Å². The maximum Gasteiger partial charge on any atom is 0.301 e. The van der Waals surface area contributed by atoms with Crippen LogP contribution in [0.3, 0.4) is 0 Å². The SMILES string of the molecule is CC(C)(C)c1cn(C[C@H]2CCCO2)/c(=N/C(=O)c2cc(C(F)(F)CF)ccc2OC[C@@H]2CCNC2)s1. The molecule has 2 aromatic rings. The maximum absolute atomic E-state index is 14.2. The fourth-order valence-electron chi connectivity index (χ4n) is 4.29. The molecule has 6 nitrogen and oxygen atoms in total. The summed E-state index contributed by atoms with van der Waals surface area (Å²) in [7, 11) is 0. The molecule has 2 saturated heterocycles. The highest BCUT2D eigenvalue weighted by Crippen LogP contribution is 2.33. The molecular formula is C26H34F3N3O3S. The predicted octanol–water partition coefficient (Wildman–Crippen LogP) is 4.82. The van der Waals surface area contributed by atoms with E-state index in [4.69, 9.17) is 9.47 Å². The summed E-state index contributed by atoms with van der Waals surface area (Å²) in [4.78, 5) is 19.3. The van der Waals surface area contributed by atoms with E-state index in [2.05, 4.69) is 31.1 Å².